The molecule has 1 aliphatic rings. The average molecular weight is 449 g/mol. The van der Waals surface area contributed by atoms with Crippen molar-refractivity contribution in [3.63, 3.8) is 0 Å². The summed E-state index contributed by atoms with van der Waals surface area (Å²) in [5.74, 6) is 0.246. The van der Waals surface area contributed by atoms with Gasteiger partial charge in [-0.3, -0.25) is 4.98 Å². The van der Waals surface area contributed by atoms with Crippen LogP contribution in [0.1, 0.15) is 35.6 Å². The number of piperidine rings is 1. The molecule has 2 aromatic carbocycles. The van der Waals surface area contributed by atoms with E-state index in [0.29, 0.717) is 24.1 Å². The first kappa shape index (κ1) is 20.7. The van der Waals surface area contributed by atoms with Gasteiger partial charge in [0.15, 0.2) is 0 Å². The van der Waals surface area contributed by atoms with Gasteiger partial charge in [-0.1, -0.05) is 36.4 Å². The summed E-state index contributed by atoms with van der Waals surface area (Å²) in [6.07, 6.45) is 4.24. The lowest BCUT2D eigenvalue weighted by Crippen LogP contribution is -2.38. The fraction of sp³-hybridized carbons (Fsp3) is 0.250. The topological polar surface area (TPSA) is 98.9 Å². The third-order valence-electron chi connectivity index (χ3n) is 6.10. The van der Waals surface area contributed by atoms with E-state index in [9.17, 15) is 13.2 Å². The van der Waals surface area contributed by atoms with Crippen molar-refractivity contribution in [2.24, 2.45) is 0 Å². The van der Waals surface area contributed by atoms with E-state index in [0.717, 1.165) is 30.5 Å². The highest BCUT2D eigenvalue weighted by molar-refractivity contribution is 7.89. The molecule has 32 heavy (non-hydrogen) atoms. The Labute approximate surface area is 186 Å². The number of fused-ring (bicyclic) bond motifs is 1. The van der Waals surface area contributed by atoms with E-state index in [2.05, 4.69) is 39.2 Å². The minimum Gasteiger partial charge on any atom is -0.306 e. The molecule has 1 aliphatic heterocycles. The van der Waals surface area contributed by atoms with Crippen molar-refractivity contribution in [2.75, 3.05) is 13.1 Å². The van der Waals surface area contributed by atoms with E-state index in [4.69, 9.17) is 0 Å². The Bertz CT molecular complexity index is 1380. The van der Waals surface area contributed by atoms with Crippen molar-refractivity contribution < 1.29 is 8.42 Å². The lowest BCUT2D eigenvalue weighted by Gasteiger charge is -2.31. The summed E-state index contributed by atoms with van der Waals surface area (Å²) in [5.41, 5.74) is 4.17. The molecule has 2 N–H and O–H groups in total. The molecule has 7 nitrogen and oxygen atoms in total. The van der Waals surface area contributed by atoms with Crippen LogP contribution in [0.5, 0.6) is 0 Å². The highest BCUT2D eigenvalue weighted by atomic mass is 32.2. The molecule has 0 unspecified atom stereocenters. The molecule has 4 aromatic rings. The number of pyridine rings is 1. The molecule has 0 amide bonds. The highest BCUT2D eigenvalue weighted by Gasteiger charge is 2.30. The van der Waals surface area contributed by atoms with Gasteiger partial charge in [-0.05, 0) is 54.7 Å². The van der Waals surface area contributed by atoms with Crippen molar-refractivity contribution in [3.8, 4) is 0 Å². The van der Waals surface area contributed by atoms with Crippen LogP contribution in [0, 0.1) is 0 Å². The van der Waals surface area contributed by atoms with E-state index in [1.54, 1.807) is 12.1 Å². The number of aromatic amines is 2. The Morgan fingerprint density at radius 1 is 0.906 bits per heavy atom. The summed E-state index contributed by atoms with van der Waals surface area (Å²) in [7, 11) is -3.61. The van der Waals surface area contributed by atoms with Gasteiger partial charge in [-0.25, -0.2) is 13.2 Å². The lowest BCUT2D eigenvalue weighted by atomic mass is 9.93. The second kappa shape index (κ2) is 8.37. The molecule has 0 spiro atoms. The quantitative estimate of drug-likeness (QED) is 0.489. The number of sulfonamides is 1. The maximum atomic E-state index is 13.1. The van der Waals surface area contributed by atoms with Gasteiger partial charge in [-0.2, -0.15) is 4.31 Å². The van der Waals surface area contributed by atoms with Crippen molar-refractivity contribution in [2.45, 2.75) is 30.1 Å². The Morgan fingerprint density at radius 3 is 2.38 bits per heavy atom. The van der Waals surface area contributed by atoms with E-state index in [1.165, 1.54) is 15.9 Å². The Hall–Kier alpha value is -3.23. The van der Waals surface area contributed by atoms with E-state index in [-0.39, 0.29) is 16.5 Å². The predicted molar refractivity (Wildman–Crippen MR) is 123 cm³/mol. The second-order valence-electron chi connectivity index (χ2n) is 8.22. The third kappa shape index (κ3) is 4.11. The minimum atomic E-state index is -3.61. The molecule has 0 aliphatic carbocycles. The Morgan fingerprint density at radius 2 is 1.66 bits per heavy atom. The molecule has 0 atom stereocenters. The summed E-state index contributed by atoms with van der Waals surface area (Å²) in [6.45, 7) is 0.893. The van der Waals surface area contributed by atoms with Gasteiger partial charge >= 0.3 is 5.69 Å². The molecule has 5 rings (SSSR count). The zero-order valence-corrected chi connectivity index (χ0v) is 18.3. The Balaban J connectivity index is 1.25. The maximum absolute atomic E-state index is 13.1. The van der Waals surface area contributed by atoms with Crippen LogP contribution in [0.3, 0.4) is 0 Å². The van der Waals surface area contributed by atoms with Crippen molar-refractivity contribution in [1.82, 2.24) is 19.3 Å². The number of rotatable bonds is 5. The molecule has 8 heteroatoms. The highest BCUT2D eigenvalue weighted by Crippen LogP contribution is 2.30. The van der Waals surface area contributed by atoms with Crippen molar-refractivity contribution >= 4 is 21.1 Å². The summed E-state index contributed by atoms with van der Waals surface area (Å²) in [6, 6.07) is 19.2. The molecule has 164 valence electrons. The van der Waals surface area contributed by atoms with Gasteiger partial charge in [0.2, 0.25) is 10.0 Å². The van der Waals surface area contributed by atoms with Crippen LogP contribution in [0.15, 0.2) is 76.6 Å². The molecule has 0 saturated carbocycles. The summed E-state index contributed by atoms with van der Waals surface area (Å²) in [5, 5.41) is 0. The number of hydrogen-bond acceptors (Lipinski definition) is 4. The monoisotopic (exact) mass is 448 g/mol. The van der Waals surface area contributed by atoms with Crippen molar-refractivity contribution in [3.05, 3.63) is 94.2 Å². The van der Waals surface area contributed by atoms with E-state index in [1.807, 2.05) is 24.4 Å². The first-order chi connectivity index (χ1) is 15.5. The van der Waals surface area contributed by atoms with Crippen LogP contribution < -0.4 is 5.69 Å². The molecule has 1 saturated heterocycles. The van der Waals surface area contributed by atoms with Crippen molar-refractivity contribution in [1.29, 1.82) is 0 Å². The van der Waals surface area contributed by atoms with Gasteiger partial charge in [-0.15, -0.1) is 0 Å². The molecular formula is C24H24N4O3S. The summed E-state index contributed by atoms with van der Waals surface area (Å²) >= 11 is 0. The largest absolute Gasteiger partial charge is 0.323 e. The van der Waals surface area contributed by atoms with E-state index >= 15 is 0 Å². The second-order valence-corrected chi connectivity index (χ2v) is 10.2. The number of hydrogen-bond donors (Lipinski definition) is 2. The smallest absolute Gasteiger partial charge is 0.306 e. The van der Waals surface area contributed by atoms with Crippen LogP contribution in [-0.2, 0) is 16.4 Å². The lowest BCUT2D eigenvalue weighted by molar-refractivity contribution is 0.316. The van der Waals surface area contributed by atoms with Gasteiger partial charge in [0.05, 0.1) is 15.9 Å². The molecule has 2 aromatic heterocycles. The maximum Gasteiger partial charge on any atom is 0.323 e. The zero-order chi connectivity index (χ0) is 22.1. The number of nitrogens with zero attached hydrogens (tertiary/aromatic N) is 2. The van der Waals surface area contributed by atoms with Gasteiger partial charge in [0.1, 0.15) is 0 Å². The average Bonchev–Trinajstić information content (AvgIpc) is 3.20. The van der Waals surface area contributed by atoms with Gasteiger partial charge in [0.25, 0.3) is 0 Å². The number of benzene rings is 2. The standard InChI is InChI=1S/C24H24N4O3S/c29-24-26-22-9-7-20(15-23(22)27-24)32(30,31)28-12-10-19(11-13-28)21-8-6-18(16-25-21)14-17-4-2-1-3-5-17/h1-9,15-16,19H,10-14H2,(H2,26,27,29). The van der Waals surface area contributed by atoms with Gasteiger partial charge in [0, 0.05) is 30.9 Å². The molecule has 0 radical (unpaired) electrons. The zero-order valence-electron chi connectivity index (χ0n) is 17.5. The number of H-pyrrole nitrogens is 2. The number of aromatic nitrogens is 3. The van der Waals surface area contributed by atoms with Gasteiger partial charge < -0.3 is 9.97 Å². The first-order valence-corrected chi connectivity index (χ1v) is 12.1. The minimum absolute atomic E-state index is 0.196. The normalized spacial score (nSPS) is 15.9. The van der Waals surface area contributed by atoms with Crippen LogP contribution in [0.25, 0.3) is 11.0 Å². The number of nitrogens with one attached hydrogen (secondary N) is 2. The van der Waals surface area contributed by atoms with Crippen LogP contribution in [0.4, 0.5) is 0 Å². The fourth-order valence-electron chi connectivity index (χ4n) is 4.33. The van der Waals surface area contributed by atoms with Crippen LogP contribution in [-0.4, -0.2) is 40.8 Å². The Kier molecular flexibility index (Phi) is 5.40. The molecular weight excluding hydrogens is 424 g/mol. The summed E-state index contributed by atoms with van der Waals surface area (Å²) < 4.78 is 27.7. The summed E-state index contributed by atoms with van der Waals surface area (Å²) in [4.78, 5) is 21.6. The fourth-order valence-corrected chi connectivity index (χ4v) is 5.82. The molecule has 0 bridgehead atoms. The van der Waals surface area contributed by atoms with Crippen LogP contribution in [0.2, 0.25) is 0 Å². The third-order valence-corrected chi connectivity index (χ3v) is 7.99. The molecule has 3 heterocycles. The number of imidazole rings is 1. The molecule has 1 fully saturated rings. The first-order valence-electron chi connectivity index (χ1n) is 10.7. The SMILES string of the molecule is O=c1[nH]c2ccc(S(=O)(=O)N3CCC(c4ccc(Cc5ccccc5)cn4)CC3)cc2[nH]1. The predicted octanol–water partition coefficient (Wildman–Crippen LogP) is 3.41. The van der Waals surface area contributed by atoms with Crippen LogP contribution >= 0.6 is 0 Å². The van der Waals surface area contributed by atoms with E-state index < -0.39 is 10.0 Å².